The predicted molar refractivity (Wildman–Crippen MR) is 245 cm³/mol. The molecule has 0 saturated heterocycles. The molecule has 12 nitrogen and oxygen atoms in total. The van der Waals surface area contributed by atoms with E-state index in [-0.39, 0.29) is 0 Å². The molecule has 0 aliphatic carbocycles. The molecule has 0 spiro atoms. The van der Waals surface area contributed by atoms with Gasteiger partial charge in [-0.1, -0.05) is 0 Å². The van der Waals surface area contributed by atoms with Gasteiger partial charge in [-0.15, -0.1) is 0 Å². The number of aryl methyl sites for hydroxylation is 6. The fraction of sp³-hybridized carbons (Fsp3) is 0.125. The van der Waals surface area contributed by atoms with Crippen LogP contribution in [0, 0.1) is 34.6 Å². The first-order valence-electron chi connectivity index (χ1n) is 19.5. The highest BCUT2D eigenvalue weighted by molar-refractivity contribution is 5.83. The Morgan fingerprint density at radius 3 is 1.95 bits per heavy atom. The van der Waals surface area contributed by atoms with Crippen LogP contribution in [0.3, 0.4) is 0 Å². The molecule has 0 unspecified atom stereocenters. The molecule has 12 aromatic rings. The molecule has 12 heteroatoms. The van der Waals surface area contributed by atoms with Crippen molar-refractivity contribution in [1.82, 2.24) is 59.4 Å². The molecule has 12 heterocycles. The highest BCUT2D eigenvalue weighted by atomic mass is 14.9. The lowest BCUT2D eigenvalue weighted by molar-refractivity contribution is 0.968. The fourth-order valence-corrected chi connectivity index (χ4v) is 6.64. The van der Waals surface area contributed by atoms with Crippen molar-refractivity contribution >= 4 is 65.4 Å². The monoisotopic (exact) mass is 792 g/mol. The van der Waals surface area contributed by atoms with Gasteiger partial charge in [-0.25, -0.2) is 0 Å². The van der Waals surface area contributed by atoms with E-state index in [2.05, 4.69) is 78.4 Å². The number of fused-ring (bicyclic) bond motifs is 6. The lowest BCUT2D eigenvalue weighted by atomic mass is 10.2. The van der Waals surface area contributed by atoms with E-state index in [0.29, 0.717) is 0 Å². The van der Waals surface area contributed by atoms with Gasteiger partial charge in [0.15, 0.2) is 0 Å². The molecular weight excluding hydrogens is 745 g/mol. The maximum absolute atomic E-state index is 4.16. The molecule has 0 fully saturated rings. The molecule has 0 aliphatic heterocycles. The summed E-state index contributed by atoms with van der Waals surface area (Å²) in [6.45, 7) is 10.2. The van der Waals surface area contributed by atoms with Gasteiger partial charge in [-0.3, -0.25) is 29.9 Å². The Labute approximate surface area is 347 Å². The average molecular weight is 793 g/mol. The van der Waals surface area contributed by atoms with E-state index in [9.17, 15) is 0 Å². The summed E-state index contributed by atoms with van der Waals surface area (Å²) in [5.74, 6) is 0. The summed E-state index contributed by atoms with van der Waals surface area (Å²) >= 11 is 0. The summed E-state index contributed by atoms with van der Waals surface area (Å²) < 4.78 is 2.08. The number of aromatic amines is 5. The van der Waals surface area contributed by atoms with Crippen LogP contribution in [-0.2, 0) is 7.05 Å². The van der Waals surface area contributed by atoms with E-state index >= 15 is 0 Å². The number of hydrogen-bond acceptors (Lipinski definition) is 6. The van der Waals surface area contributed by atoms with Crippen LogP contribution in [0.25, 0.3) is 65.4 Å². The minimum Gasteiger partial charge on any atom is -0.361 e. The molecular formula is C48H48N12. The summed E-state index contributed by atoms with van der Waals surface area (Å²) in [6, 6.07) is 20.2. The molecule has 300 valence electrons. The molecule has 12 aromatic heterocycles. The standard InChI is InChI=1S/6C8H8N2/c1-10-5-3-7-6-9-4-2-8(7)10;1-6-7-2-4-10-8(7)3-5-9-6;1-6-4-10-8-2-3-9-5-7(6)8;1-6-4-7-5-9-3-2-8(7)10-6;1-6-4-9-5-7-2-3-10-8(6)7;1-6-4-8-7(5-10-6)2-3-9-8/h2-6H,1H3;4*2-5,10H,1H3;2-5,9H,1H3. The van der Waals surface area contributed by atoms with Gasteiger partial charge in [0.25, 0.3) is 0 Å². The van der Waals surface area contributed by atoms with Gasteiger partial charge < -0.3 is 29.5 Å². The molecule has 12 rings (SSSR count). The van der Waals surface area contributed by atoms with Crippen LogP contribution >= 0.6 is 0 Å². The van der Waals surface area contributed by atoms with Gasteiger partial charge in [-0.05, 0) is 106 Å². The van der Waals surface area contributed by atoms with Crippen molar-refractivity contribution in [3.63, 3.8) is 0 Å². The van der Waals surface area contributed by atoms with Crippen LogP contribution in [0.5, 0.6) is 0 Å². The van der Waals surface area contributed by atoms with Gasteiger partial charge in [0.1, 0.15) is 0 Å². The Balaban J connectivity index is 0.000000109. The normalized spacial score (nSPS) is 10.5. The lowest BCUT2D eigenvalue weighted by Gasteiger charge is -1.91. The van der Waals surface area contributed by atoms with Crippen LogP contribution in [0.4, 0.5) is 0 Å². The van der Waals surface area contributed by atoms with E-state index in [1.165, 1.54) is 60.2 Å². The molecule has 60 heavy (non-hydrogen) atoms. The fourth-order valence-electron chi connectivity index (χ4n) is 6.64. The second-order valence-electron chi connectivity index (χ2n) is 14.3. The van der Waals surface area contributed by atoms with Crippen molar-refractivity contribution in [3.05, 3.63) is 182 Å². The Morgan fingerprint density at radius 2 is 1.17 bits per heavy atom. The Bertz CT molecular complexity index is 3010. The summed E-state index contributed by atoms with van der Waals surface area (Å²) in [6.07, 6.45) is 28.2. The van der Waals surface area contributed by atoms with E-state index in [0.717, 1.165) is 33.5 Å². The number of nitrogens with one attached hydrogen (secondary N) is 5. The first-order chi connectivity index (χ1) is 29.2. The van der Waals surface area contributed by atoms with Crippen molar-refractivity contribution in [2.45, 2.75) is 34.6 Å². The zero-order valence-corrected chi connectivity index (χ0v) is 34.6. The predicted octanol–water partition coefficient (Wildman–Crippen LogP) is 10.9. The molecule has 0 atom stereocenters. The smallest absolute Gasteiger partial charge is 0.0514 e. The van der Waals surface area contributed by atoms with Crippen LogP contribution in [0.1, 0.15) is 28.2 Å². The highest BCUT2D eigenvalue weighted by Gasteiger charge is 1.98. The largest absolute Gasteiger partial charge is 0.361 e. The first-order valence-corrected chi connectivity index (χ1v) is 19.5. The third kappa shape index (κ3) is 9.98. The maximum atomic E-state index is 4.16. The number of pyridine rings is 6. The maximum Gasteiger partial charge on any atom is 0.0514 e. The third-order valence-corrected chi connectivity index (χ3v) is 9.84. The Morgan fingerprint density at radius 1 is 0.483 bits per heavy atom. The van der Waals surface area contributed by atoms with Crippen molar-refractivity contribution < 1.29 is 0 Å². The quantitative estimate of drug-likeness (QED) is 0.103. The van der Waals surface area contributed by atoms with Gasteiger partial charge in [-0.2, -0.15) is 0 Å². The first kappa shape index (κ1) is 40.3. The second-order valence-corrected chi connectivity index (χ2v) is 14.3. The van der Waals surface area contributed by atoms with Gasteiger partial charge >= 0.3 is 0 Å². The SMILES string of the molecule is Cc1c[nH]c2ccncc12.Cc1cc2[nH]ccc2cn1.Cc1cc2cnccc2[nH]1.Cc1cncc2cc[nH]c12.Cc1nccc2[nH]ccc12.Cn1ccc2cnccc21. The topological polar surface area (TPSA) is 161 Å². The summed E-state index contributed by atoms with van der Waals surface area (Å²) in [5.41, 5.74) is 12.8. The average Bonchev–Trinajstić information content (AvgIpc) is 4.13. The highest BCUT2D eigenvalue weighted by Crippen LogP contribution is 2.16. The number of H-pyrrole nitrogens is 5. The number of nitrogens with zero attached hydrogens (tertiary/aromatic N) is 7. The zero-order valence-electron chi connectivity index (χ0n) is 34.6. The molecule has 0 aromatic carbocycles. The lowest BCUT2D eigenvalue weighted by Crippen LogP contribution is -1.82. The van der Waals surface area contributed by atoms with Gasteiger partial charge in [0, 0.05) is 171 Å². The molecule has 0 aliphatic rings. The second kappa shape index (κ2) is 19.1. The van der Waals surface area contributed by atoms with E-state index in [1.54, 1.807) is 12.4 Å². The Hall–Kier alpha value is -7.86. The third-order valence-electron chi connectivity index (χ3n) is 9.84. The molecule has 0 bridgehead atoms. The molecule has 0 amide bonds. The summed E-state index contributed by atoms with van der Waals surface area (Å²) in [5, 5.41) is 7.15. The van der Waals surface area contributed by atoms with Gasteiger partial charge in [0.05, 0.1) is 11.0 Å². The minimum atomic E-state index is 1.05. The van der Waals surface area contributed by atoms with Crippen LogP contribution in [-0.4, -0.2) is 59.4 Å². The van der Waals surface area contributed by atoms with Crippen molar-refractivity contribution in [1.29, 1.82) is 0 Å². The van der Waals surface area contributed by atoms with E-state index in [1.807, 2.05) is 164 Å². The van der Waals surface area contributed by atoms with Crippen LogP contribution < -0.4 is 0 Å². The van der Waals surface area contributed by atoms with Crippen molar-refractivity contribution in [2.24, 2.45) is 7.05 Å². The van der Waals surface area contributed by atoms with Crippen LogP contribution in [0.15, 0.2) is 154 Å². The summed E-state index contributed by atoms with van der Waals surface area (Å²) in [4.78, 5) is 40.2. The molecule has 0 saturated carbocycles. The van der Waals surface area contributed by atoms with Crippen molar-refractivity contribution in [2.75, 3.05) is 0 Å². The van der Waals surface area contributed by atoms with Crippen LogP contribution in [0.2, 0.25) is 0 Å². The minimum absolute atomic E-state index is 1.05. The van der Waals surface area contributed by atoms with Crippen molar-refractivity contribution in [3.8, 4) is 0 Å². The molecule has 5 N–H and O–H groups in total. The van der Waals surface area contributed by atoms with E-state index in [4.69, 9.17) is 0 Å². The van der Waals surface area contributed by atoms with Gasteiger partial charge in [0.2, 0.25) is 0 Å². The summed E-state index contributed by atoms with van der Waals surface area (Å²) in [7, 11) is 2.03. The number of rotatable bonds is 0. The zero-order chi connectivity index (χ0) is 41.8. The van der Waals surface area contributed by atoms with E-state index < -0.39 is 0 Å². The molecule has 0 radical (unpaired) electrons. The number of aromatic nitrogens is 12. The number of hydrogen-bond donors (Lipinski definition) is 5. The Kier molecular flexibility index (Phi) is 12.8.